The third-order valence-corrected chi connectivity index (χ3v) is 4.40. The molecule has 1 atom stereocenters. The van der Waals surface area contributed by atoms with Crippen LogP contribution < -0.4 is 10.6 Å². The number of nitrogens with zero attached hydrogens (tertiary/aromatic N) is 1. The molecule has 1 heterocycles. The van der Waals surface area contributed by atoms with Crippen LogP contribution in [0.5, 0.6) is 0 Å². The van der Waals surface area contributed by atoms with Gasteiger partial charge in [-0.3, -0.25) is 4.99 Å². The Hall–Kier alpha value is -1.49. The Labute approximate surface area is 133 Å². The van der Waals surface area contributed by atoms with Crippen LogP contribution in [0.15, 0.2) is 27.8 Å². The van der Waals surface area contributed by atoms with Crippen LogP contribution in [0.4, 0.5) is 0 Å². The number of guanidine groups is 1. The number of nitrogens with one attached hydrogen (secondary N) is 2. The number of hydrogen-bond acceptors (Lipinski definition) is 3. The standard InChI is InChI=1S/C17H29N3O2/c1-3-13-7-9-14(10-8-13)20-17(18-4-2)19-12-15(21)16-6-5-11-22-16/h5-6,11,13-15,21H,3-4,7-10,12H2,1-2H3,(H2,18,19,20). The Morgan fingerprint density at radius 2 is 2.14 bits per heavy atom. The van der Waals surface area contributed by atoms with Gasteiger partial charge in [0.2, 0.25) is 0 Å². The first-order valence-corrected chi connectivity index (χ1v) is 8.49. The normalized spacial score (nSPS) is 24.0. The van der Waals surface area contributed by atoms with Crippen molar-refractivity contribution in [2.45, 2.75) is 58.1 Å². The van der Waals surface area contributed by atoms with Gasteiger partial charge in [0, 0.05) is 12.6 Å². The van der Waals surface area contributed by atoms with E-state index in [1.54, 1.807) is 18.4 Å². The summed E-state index contributed by atoms with van der Waals surface area (Å²) in [6.07, 6.45) is 7.15. The molecule has 1 fully saturated rings. The topological polar surface area (TPSA) is 69.8 Å². The first-order chi connectivity index (χ1) is 10.7. The molecule has 1 aromatic rings. The molecule has 5 nitrogen and oxygen atoms in total. The molecule has 0 amide bonds. The Morgan fingerprint density at radius 1 is 1.36 bits per heavy atom. The predicted molar refractivity (Wildman–Crippen MR) is 88.8 cm³/mol. The molecule has 0 aliphatic heterocycles. The summed E-state index contributed by atoms with van der Waals surface area (Å²) < 4.78 is 5.20. The van der Waals surface area contributed by atoms with Crippen LogP contribution in [0.25, 0.3) is 0 Å². The van der Waals surface area contributed by atoms with E-state index in [1.807, 2.05) is 6.92 Å². The zero-order chi connectivity index (χ0) is 15.8. The lowest BCUT2D eigenvalue weighted by Gasteiger charge is -2.29. The molecule has 1 saturated carbocycles. The monoisotopic (exact) mass is 307 g/mol. The van der Waals surface area contributed by atoms with Crippen molar-refractivity contribution >= 4 is 5.96 Å². The molecule has 22 heavy (non-hydrogen) atoms. The summed E-state index contributed by atoms with van der Waals surface area (Å²) in [5.41, 5.74) is 0. The average Bonchev–Trinajstić information content (AvgIpc) is 3.08. The van der Waals surface area contributed by atoms with Crippen molar-refractivity contribution in [3.8, 4) is 0 Å². The van der Waals surface area contributed by atoms with Gasteiger partial charge < -0.3 is 20.2 Å². The minimum Gasteiger partial charge on any atom is -0.467 e. The maximum absolute atomic E-state index is 10.0. The predicted octanol–water partition coefficient (Wildman–Crippen LogP) is 2.84. The summed E-state index contributed by atoms with van der Waals surface area (Å²) in [6, 6.07) is 4.03. The lowest BCUT2D eigenvalue weighted by atomic mass is 9.84. The van der Waals surface area contributed by atoms with Crippen LogP contribution in [0.3, 0.4) is 0 Å². The third-order valence-electron chi connectivity index (χ3n) is 4.40. The van der Waals surface area contributed by atoms with Crippen LogP contribution in [-0.2, 0) is 0 Å². The van der Waals surface area contributed by atoms with Crippen molar-refractivity contribution < 1.29 is 9.52 Å². The van der Waals surface area contributed by atoms with Gasteiger partial charge in [0.15, 0.2) is 5.96 Å². The van der Waals surface area contributed by atoms with Gasteiger partial charge in [0.1, 0.15) is 11.9 Å². The van der Waals surface area contributed by atoms with E-state index in [2.05, 4.69) is 22.5 Å². The molecule has 5 heteroatoms. The van der Waals surface area contributed by atoms with Crippen molar-refractivity contribution in [1.82, 2.24) is 10.6 Å². The van der Waals surface area contributed by atoms with Gasteiger partial charge in [0.05, 0.1) is 12.8 Å². The molecule has 3 N–H and O–H groups in total. The van der Waals surface area contributed by atoms with Crippen molar-refractivity contribution in [3.63, 3.8) is 0 Å². The van der Waals surface area contributed by atoms with Crippen molar-refractivity contribution in [1.29, 1.82) is 0 Å². The van der Waals surface area contributed by atoms with Gasteiger partial charge in [0.25, 0.3) is 0 Å². The number of aliphatic hydroxyl groups is 1. The molecule has 0 aromatic carbocycles. The zero-order valence-corrected chi connectivity index (χ0v) is 13.7. The fourth-order valence-corrected chi connectivity index (χ4v) is 2.98. The van der Waals surface area contributed by atoms with E-state index in [4.69, 9.17) is 4.42 Å². The highest BCUT2D eigenvalue weighted by atomic mass is 16.4. The lowest BCUT2D eigenvalue weighted by molar-refractivity contribution is 0.158. The second-order valence-electron chi connectivity index (χ2n) is 6.02. The van der Waals surface area contributed by atoms with Crippen LogP contribution in [0, 0.1) is 5.92 Å². The molecule has 2 rings (SSSR count). The molecule has 1 aliphatic carbocycles. The fourth-order valence-electron chi connectivity index (χ4n) is 2.98. The lowest BCUT2D eigenvalue weighted by Crippen LogP contribution is -2.45. The highest BCUT2D eigenvalue weighted by molar-refractivity contribution is 5.80. The van der Waals surface area contributed by atoms with E-state index >= 15 is 0 Å². The molecular weight excluding hydrogens is 278 g/mol. The molecular formula is C17H29N3O2. The maximum atomic E-state index is 10.0. The maximum Gasteiger partial charge on any atom is 0.191 e. The van der Waals surface area contributed by atoms with E-state index in [1.165, 1.54) is 32.1 Å². The van der Waals surface area contributed by atoms with Gasteiger partial charge in [-0.15, -0.1) is 0 Å². The fraction of sp³-hybridized carbons (Fsp3) is 0.706. The summed E-state index contributed by atoms with van der Waals surface area (Å²) in [7, 11) is 0. The van der Waals surface area contributed by atoms with Crippen molar-refractivity contribution in [2.75, 3.05) is 13.1 Å². The molecule has 0 spiro atoms. The molecule has 124 valence electrons. The minimum atomic E-state index is -0.693. The molecule has 0 radical (unpaired) electrons. The van der Waals surface area contributed by atoms with Crippen LogP contribution in [-0.4, -0.2) is 30.2 Å². The van der Waals surface area contributed by atoms with Crippen LogP contribution >= 0.6 is 0 Å². The smallest absolute Gasteiger partial charge is 0.191 e. The first kappa shape index (κ1) is 16.9. The third kappa shape index (κ3) is 5.05. The van der Waals surface area contributed by atoms with E-state index < -0.39 is 6.10 Å². The molecule has 0 saturated heterocycles. The van der Waals surface area contributed by atoms with E-state index in [-0.39, 0.29) is 0 Å². The molecule has 0 bridgehead atoms. The van der Waals surface area contributed by atoms with Gasteiger partial charge in [-0.25, -0.2) is 0 Å². The van der Waals surface area contributed by atoms with Crippen molar-refractivity contribution in [2.24, 2.45) is 10.9 Å². The van der Waals surface area contributed by atoms with E-state index in [0.717, 1.165) is 18.4 Å². The van der Waals surface area contributed by atoms with Gasteiger partial charge in [-0.1, -0.05) is 13.3 Å². The Kier molecular flexibility index (Phi) is 6.77. The highest BCUT2D eigenvalue weighted by Gasteiger charge is 2.20. The largest absolute Gasteiger partial charge is 0.467 e. The summed E-state index contributed by atoms with van der Waals surface area (Å²) in [5, 5.41) is 16.8. The summed E-state index contributed by atoms with van der Waals surface area (Å²) in [6.45, 7) is 5.44. The van der Waals surface area contributed by atoms with Crippen molar-refractivity contribution in [3.05, 3.63) is 24.2 Å². The Bertz CT molecular complexity index is 437. The number of aliphatic hydroxyl groups excluding tert-OH is 1. The van der Waals surface area contributed by atoms with Gasteiger partial charge in [-0.2, -0.15) is 0 Å². The average molecular weight is 307 g/mol. The van der Waals surface area contributed by atoms with E-state index in [0.29, 0.717) is 18.3 Å². The van der Waals surface area contributed by atoms with Crippen LogP contribution in [0.2, 0.25) is 0 Å². The second kappa shape index (κ2) is 8.83. The number of rotatable bonds is 6. The summed E-state index contributed by atoms with van der Waals surface area (Å²) in [4.78, 5) is 4.49. The Morgan fingerprint density at radius 3 is 2.73 bits per heavy atom. The zero-order valence-electron chi connectivity index (χ0n) is 13.7. The van der Waals surface area contributed by atoms with Gasteiger partial charge in [-0.05, 0) is 50.7 Å². The highest BCUT2D eigenvalue weighted by Crippen LogP contribution is 2.26. The van der Waals surface area contributed by atoms with E-state index in [9.17, 15) is 5.11 Å². The van der Waals surface area contributed by atoms with Crippen LogP contribution in [0.1, 0.15) is 57.8 Å². The first-order valence-electron chi connectivity index (χ1n) is 8.49. The molecule has 1 unspecified atom stereocenters. The number of hydrogen-bond donors (Lipinski definition) is 3. The second-order valence-corrected chi connectivity index (χ2v) is 6.02. The Balaban J connectivity index is 1.85. The molecule has 1 aliphatic rings. The minimum absolute atomic E-state index is 0.299. The number of furan rings is 1. The summed E-state index contributed by atoms with van der Waals surface area (Å²) >= 11 is 0. The SMILES string of the molecule is CCNC(=NCC(O)c1ccco1)NC1CCC(CC)CC1. The summed E-state index contributed by atoms with van der Waals surface area (Å²) in [5.74, 6) is 2.23. The van der Waals surface area contributed by atoms with Gasteiger partial charge >= 0.3 is 0 Å². The number of aliphatic imine (C=N–C) groups is 1. The molecule has 1 aromatic heterocycles. The quantitative estimate of drug-likeness (QED) is 0.558.